The average Bonchev–Trinajstić information content (AvgIpc) is 3.30. The molecule has 3 aromatic rings. The van der Waals surface area contributed by atoms with Crippen LogP contribution in [0.5, 0.6) is 0 Å². The molecule has 31 heavy (non-hydrogen) atoms. The minimum atomic E-state index is -3.65. The number of hydrogen-bond acceptors (Lipinski definition) is 7. The molecule has 0 radical (unpaired) electrons. The van der Waals surface area contributed by atoms with Crippen LogP contribution in [0, 0.1) is 0 Å². The number of alkyl halides is 2. The van der Waals surface area contributed by atoms with Crippen LogP contribution in [-0.4, -0.2) is 42.1 Å². The molecule has 0 aliphatic carbocycles. The van der Waals surface area contributed by atoms with Crippen molar-refractivity contribution in [2.75, 3.05) is 17.5 Å². The van der Waals surface area contributed by atoms with Crippen LogP contribution in [-0.2, 0) is 21.3 Å². The zero-order valence-corrected chi connectivity index (χ0v) is 17.2. The second-order valence-corrected chi connectivity index (χ2v) is 9.12. The number of ether oxygens (including phenoxy) is 1. The van der Waals surface area contributed by atoms with Gasteiger partial charge in [0.15, 0.2) is 0 Å². The molecule has 3 heterocycles. The Morgan fingerprint density at radius 1 is 1.06 bits per heavy atom. The summed E-state index contributed by atoms with van der Waals surface area (Å²) in [5.74, 6) is -0.846. The molecular formula is C20H20F2N4O4S. The Bertz CT molecular complexity index is 1100. The zero-order valence-electron chi connectivity index (χ0n) is 16.4. The van der Waals surface area contributed by atoms with Crippen molar-refractivity contribution >= 4 is 15.7 Å². The molecule has 4 rings (SSSR count). The molecule has 2 aromatic heterocycles. The van der Waals surface area contributed by atoms with E-state index >= 15 is 0 Å². The first-order valence-electron chi connectivity index (χ1n) is 9.66. The molecular weight excluding hydrogens is 430 g/mol. The van der Waals surface area contributed by atoms with Crippen LogP contribution >= 0.6 is 0 Å². The third-order valence-corrected chi connectivity index (χ3v) is 7.21. The van der Waals surface area contributed by atoms with Gasteiger partial charge in [-0.1, -0.05) is 18.2 Å². The van der Waals surface area contributed by atoms with Crippen molar-refractivity contribution in [3.05, 3.63) is 60.2 Å². The van der Waals surface area contributed by atoms with Crippen LogP contribution < -0.4 is 4.31 Å². The van der Waals surface area contributed by atoms with Gasteiger partial charge in [-0.15, -0.1) is 10.2 Å². The number of benzene rings is 1. The summed E-state index contributed by atoms with van der Waals surface area (Å²) in [6, 6.07) is 12.0. The summed E-state index contributed by atoms with van der Waals surface area (Å²) in [7, 11) is -3.65. The topological polar surface area (TPSA) is 98.4 Å². The van der Waals surface area contributed by atoms with E-state index in [1.165, 1.54) is 10.5 Å². The number of nitrogens with zero attached hydrogens (tertiary/aromatic N) is 4. The van der Waals surface area contributed by atoms with Gasteiger partial charge in [0.1, 0.15) is 0 Å². The van der Waals surface area contributed by atoms with E-state index in [2.05, 4.69) is 15.2 Å². The summed E-state index contributed by atoms with van der Waals surface area (Å²) in [6.45, 7) is 0.838. The van der Waals surface area contributed by atoms with Crippen molar-refractivity contribution in [3.63, 3.8) is 0 Å². The Labute approximate surface area is 177 Å². The highest BCUT2D eigenvalue weighted by molar-refractivity contribution is 7.93. The van der Waals surface area contributed by atoms with E-state index in [9.17, 15) is 17.2 Å². The van der Waals surface area contributed by atoms with E-state index in [1.54, 1.807) is 36.4 Å². The van der Waals surface area contributed by atoms with E-state index < -0.39 is 27.6 Å². The summed E-state index contributed by atoms with van der Waals surface area (Å²) in [5, 5.41) is 6.35. The monoisotopic (exact) mass is 450 g/mol. The van der Waals surface area contributed by atoms with Crippen LogP contribution in [0.25, 0.3) is 11.5 Å². The van der Waals surface area contributed by atoms with Gasteiger partial charge in [0.25, 0.3) is 5.89 Å². The van der Waals surface area contributed by atoms with Gasteiger partial charge in [-0.2, -0.15) is 8.78 Å². The maximum Gasteiger partial charge on any atom is 0.314 e. The molecule has 11 heteroatoms. The second kappa shape index (κ2) is 9.06. The molecule has 0 atom stereocenters. The summed E-state index contributed by atoms with van der Waals surface area (Å²) in [5.41, 5.74) is 1.39. The van der Waals surface area contributed by atoms with Gasteiger partial charge >= 0.3 is 6.43 Å². The normalized spacial score (nSPS) is 15.3. The molecule has 1 aliphatic heterocycles. The second-order valence-electron chi connectivity index (χ2n) is 6.98. The first-order valence-corrected chi connectivity index (χ1v) is 11.2. The van der Waals surface area contributed by atoms with Crippen molar-refractivity contribution in [1.82, 2.24) is 15.2 Å². The average molecular weight is 450 g/mol. The molecule has 0 bridgehead atoms. The smallest absolute Gasteiger partial charge is 0.314 e. The van der Waals surface area contributed by atoms with Crippen LogP contribution in [0.2, 0.25) is 0 Å². The van der Waals surface area contributed by atoms with Crippen molar-refractivity contribution in [3.8, 4) is 11.5 Å². The van der Waals surface area contributed by atoms with E-state index in [1.807, 2.05) is 6.07 Å². The zero-order chi connectivity index (χ0) is 21.8. The number of anilines is 1. The van der Waals surface area contributed by atoms with Crippen LogP contribution in [0.15, 0.2) is 53.1 Å². The number of aromatic nitrogens is 3. The van der Waals surface area contributed by atoms with E-state index in [-0.39, 0.29) is 12.4 Å². The molecule has 1 saturated heterocycles. The van der Waals surface area contributed by atoms with Crippen molar-refractivity contribution in [1.29, 1.82) is 0 Å². The Hall–Kier alpha value is -2.92. The number of sulfonamides is 1. The van der Waals surface area contributed by atoms with Crippen LogP contribution in [0.1, 0.15) is 30.9 Å². The van der Waals surface area contributed by atoms with Crippen molar-refractivity contribution in [2.45, 2.75) is 31.1 Å². The fourth-order valence-electron chi connectivity index (χ4n) is 3.31. The summed E-state index contributed by atoms with van der Waals surface area (Å²) in [4.78, 5) is 4.29. The fourth-order valence-corrected chi connectivity index (χ4v) is 5.18. The third kappa shape index (κ3) is 4.72. The molecule has 0 N–H and O–H groups in total. The molecule has 1 fully saturated rings. The number of pyridine rings is 1. The fraction of sp³-hybridized carbons (Fsp3) is 0.350. The molecule has 164 valence electrons. The summed E-state index contributed by atoms with van der Waals surface area (Å²) < 4.78 is 63.7. The molecule has 8 nitrogen and oxygen atoms in total. The molecule has 0 saturated carbocycles. The first kappa shape index (κ1) is 21.3. The highest BCUT2D eigenvalue weighted by Gasteiger charge is 2.34. The van der Waals surface area contributed by atoms with Gasteiger partial charge in [-0.25, -0.2) is 8.42 Å². The number of halogens is 2. The third-order valence-electron chi connectivity index (χ3n) is 4.95. The van der Waals surface area contributed by atoms with Gasteiger partial charge in [0.05, 0.1) is 28.7 Å². The van der Waals surface area contributed by atoms with Crippen LogP contribution in [0.4, 0.5) is 14.5 Å². The number of hydrogen-bond donors (Lipinski definition) is 0. The summed E-state index contributed by atoms with van der Waals surface area (Å²) >= 11 is 0. The number of rotatable bonds is 7. The predicted molar refractivity (Wildman–Crippen MR) is 108 cm³/mol. The van der Waals surface area contributed by atoms with Gasteiger partial charge < -0.3 is 9.15 Å². The standard InChI is InChI=1S/C20H20F2N4O4S/c21-18(22)20-25-24-19(30-20)14-6-7-15(23-12-14)13-26(16-4-2-1-3-5-16)31(27,28)17-8-10-29-11-9-17/h1-7,12,17-18H,8-11,13H2. The molecule has 0 amide bonds. The largest absolute Gasteiger partial charge is 0.415 e. The van der Waals surface area contributed by atoms with Crippen molar-refractivity contribution < 1.29 is 26.4 Å². The van der Waals surface area contributed by atoms with Crippen molar-refractivity contribution in [2.24, 2.45) is 0 Å². The van der Waals surface area contributed by atoms with E-state index in [0.717, 1.165) is 0 Å². The SMILES string of the molecule is O=S(=O)(C1CCOCC1)N(Cc1ccc(-c2nnc(C(F)F)o2)cn1)c1ccccc1. The quantitative estimate of drug-likeness (QED) is 0.543. The number of para-hydroxylation sites is 1. The first-order chi connectivity index (χ1) is 14.9. The van der Waals surface area contributed by atoms with E-state index in [4.69, 9.17) is 9.15 Å². The minimum Gasteiger partial charge on any atom is -0.415 e. The maximum absolute atomic E-state index is 13.4. The molecule has 0 unspecified atom stereocenters. The predicted octanol–water partition coefficient (Wildman–Crippen LogP) is 3.58. The lowest BCUT2D eigenvalue weighted by Crippen LogP contribution is -2.41. The lowest BCUT2D eigenvalue weighted by Gasteiger charge is -2.31. The van der Waals surface area contributed by atoms with Gasteiger partial charge in [-0.3, -0.25) is 9.29 Å². The lowest BCUT2D eigenvalue weighted by atomic mass is 10.2. The maximum atomic E-state index is 13.4. The summed E-state index contributed by atoms with van der Waals surface area (Å²) in [6.07, 6.45) is -0.602. The Balaban J connectivity index is 1.59. The molecule has 0 spiro atoms. The molecule has 1 aliphatic rings. The highest BCUT2D eigenvalue weighted by atomic mass is 32.2. The Kier molecular flexibility index (Phi) is 6.23. The van der Waals surface area contributed by atoms with Gasteiger partial charge in [0.2, 0.25) is 15.9 Å². The van der Waals surface area contributed by atoms with Gasteiger partial charge in [-0.05, 0) is 37.1 Å². The van der Waals surface area contributed by atoms with Gasteiger partial charge in [0, 0.05) is 19.4 Å². The Morgan fingerprint density at radius 3 is 2.42 bits per heavy atom. The molecule has 1 aromatic carbocycles. The lowest BCUT2D eigenvalue weighted by molar-refractivity contribution is 0.0983. The van der Waals surface area contributed by atoms with E-state index in [0.29, 0.717) is 43.0 Å². The minimum absolute atomic E-state index is 0.0239. The highest BCUT2D eigenvalue weighted by Crippen LogP contribution is 2.28. The van der Waals surface area contributed by atoms with Crippen LogP contribution in [0.3, 0.4) is 0 Å². The Morgan fingerprint density at radius 2 is 1.81 bits per heavy atom.